The molecule has 3 aromatic rings. The molecule has 120 valence electrons. The largest absolute Gasteiger partial charge is 0.385 e. The van der Waals surface area contributed by atoms with Crippen molar-refractivity contribution in [1.29, 1.82) is 0 Å². The van der Waals surface area contributed by atoms with Gasteiger partial charge in [0, 0.05) is 17.0 Å². The van der Waals surface area contributed by atoms with Crippen molar-refractivity contribution in [1.82, 2.24) is 15.0 Å². The number of hydrogen-bond acceptors (Lipinski definition) is 5. The number of anilines is 1. The van der Waals surface area contributed by atoms with Crippen LogP contribution in [0.25, 0.3) is 11.0 Å². The molecular weight excluding hydrogens is 312 g/mol. The lowest BCUT2D eigenvalue weighted by atomic mass is 10.2. The number of aryl methyl sites for hydroxylation is 2. The van der Waals surface area contributed by atoms with E-state index in [-0.39, 0.29) is 5.91 Å². The van der Waals surface area contributed by atoms with Gasteiger partial charge in [-0.2, -0.15) is 0 Å². The quantitative estimate of drug-likeness (QED) is 0.671. The van der Waals surface area contributed by atoms with Gasteiger partial charge in [-0.25, -0.2) is 9.97 Å². The van der Waals surface area contributed by atoms with Gasteiger partial charge in [-0.1, -0.05) is 0 Å². The summed E-state index contributed by atoms with van der Waals surface area (Å²) in [6.07, 6.45) is 0.465. The van der Waals surface area contributed by atoms with E-state index in [1.54, 1.807) is 23.8 Å². The summed E-state index contributed by atoms with van der Waals surface area (Å²) in [4.78, 5) is 24.7. The molecule has 2 heterocycles. The minimum atomic E-state index is -0.650. The normalized spacial score (nSPS) is 12.5. The van der Waals surface area contributed by atoms with Gasteiger partial charge in [0.2, 0.25) is 5.91 Å². The highest BCUT2D eigenvalue weighted by molar-refractivity contribution is 7.09. The Morgan fingerprint density at radius 2 is 2.30 bits per heavy atom. The highest BCUT2D eigenvalue weighted by Crippen LogP contribution is 2.20. The van der Waals surface area contributed by atoms with Crippen molar-refractivity contribution >= 4 is 34.0 Å². The Balaban J connectivity index is 1.66. The average molecular weight is 330 g/mol. The van der Waals surface area contributed by atoms with Gasteiger partial charge in [0.25, 0.3) is 0 Å². The van der Waals surface area contributed by atoms with Crippen molar-refractivity contribution in [3.8, 4) is 0 Å². The molecule has 0 bridgehead atoms. The number of aromatic nitrogens is 3. The van der Waals surface area contributed by atoms with E-state index < -0.39 is 6.10 Å². The molecule has 2 aromatic heterocycles. The third-order valence-electron chi connectivity index (χ3n) is 3.60. The van der Waals surface area contributed by atoms with Crippen LogP contribution in [0, 0.1) is 6.92 Å². The molecule has 0 aliphatic carbocycles. The van der Waals surface area contributed by atoms with Gasteiger partial charge in [0.1, 0.15) is 11.9 Å². The standard InChI is InChI=1S/C16H18N4O2S/c1-9-14(23-8-17-9)5-6-15(22)18-11-3-4-12-13(7-11)20-16(19-12)10(2)21/h3-4,7-8,10,21H,5-6H2,1-2H3,(H,18,22)(H,19,20). The first-order chi connectivity index (χ1) is 11.0. The molecule has 0 aliphatic heterocycles. The molecular formula is C16H18N4O2S. The van der Waals surface area contributed by atoms with Crippen molar-refractivity contribution in [3.63, 3.8) is 0 Å². The van der Waals surface area contributed by atoms with Crippen molar-refractivity contribution in [2.75, 3.05) is 5.32 Å². The molecule has 1 aromatic carbocycles. The number of thiazole rings is 1. The number of imidazole rings is 1. The maximum atomic E-state index is 12.1. The van der Waals surface area contributed by atoms with Crippen LogP contribution in [-0.2, 0) is 11.2 Å². The maximum absolute atomic E-state index is 12.1. The number of rotatable bonds is 5. The lowest BCUT2D eigenvalue weighted by Crippen LogP contribution is -2.12. The lowest BCUT2D eigenvalue weighted by molar-refractivity contribution is -0.116. The van der Waals surface area contributed by atoms with E-state index in [4.69, 9.17) is 0 Å². The monoisotopic (exact) mass is 330 g/mol. The fourth-order valence-corrected chi connectivity index (χ4v) is 3.10. The van der Waals surface area contributed by atoms with Gasteiger partial charge in [-0.3, -0.25) is 4.79 Å². The summed E-state index contributed by atoms with van der Waals surface area (Å²) in [5, 5.41) is 12.4. The number of amides is 1. The fraction of sp³-hybridized carbons (Fsp3) is 0.312. The summed E-state index contributed by atoms with van der Waals surface area (Å²) in [5.41, 5.74) is 5.06. The summed E-state index contributed by atoms with van der Waals surface area (Å²) in [6, 6.07) is 5.45. The SMILES string of the molecule is Cc1ncsc1CCC(=O)Nc1ccc2nc(C(C)O)[nH]c2c1. The Morgan fingerprint density at radius 1 is 1.48 bits per heavy atom. The summed E-state index contributed by atoms with van der Waals surface area (Å²) in [7, 11) is 0. The molecule has 23 heavy (non-hydrogen) atoms. The van der Waals surface area contributed by atoms with Crippen LogP contribution in [0.4, 0.5) is 5.69 Å². The van der Waals surface area contributed by atoms with E-state index in [1.807, 2.05) is 25.1 Å². The van der Waals surface area contributed by atoms with Crippen LogP contribution in [0.5, 0.6) is 0 Å². The van der Waals surface area contributed by atoms with Crippen molar-refractivity contribution in [2.24, 2.45) is 0 Å². The second-order valence-corrected chi connectivity index (χ2v) is 6.38. The molecule has 1 atom stereocenters. The maximum Gasteiger partial charge on any atom is 0.224 e. The number of nitrogens with zero attached hydrogens (tertiary/aromatic N) is 2. The van der Waals surface area contributed by atoms with Crippen LogP contribution < -0.4 is 5.32 Å². The van der Waals surface area contributed by atoms with Crippen molar-refractivity contribution in [2.45, 2.75) is 32.8 Å². The van der Waals surface area contributed by atoms with Crippen LogP contribution in [0.1, 0.15) is 35.8 Å². The Kier molecular flexibility index (Phi) is 4.40. The molecule has 0 saturated heterocycles. The van der Waals surface area contributed by atoms with E-state index in [0.29, 0.717) is 24.4 Å². The van der Waals surface area contributed by atoms with E-state index >= 15 is 0 Å². The zero-order chi connectivity index (χ0) is 16.4. The summed E-state index contributed by atoms with van der Waals surface area (Å²) >= 11 is 1.58. The first-order valence-electron chi connectivity index (χ1n) is 7.39. The van der Waals surface area contributed by atoms with Gasteiger partial charge in [0.05, 0.1) is 22.2 Å². The molecule has 3 N–H and O–H groups in total. The number of hydrogen-bond donors (Lipinski definition) is 3. The average Bonchev–Trinajstić information content (AvgIpc) is 3.10. The van der Waals surface area contributed by atoms with Crippen molar-refractivity contribution < 1.29 is 9.90 Å². The second-order valence-electron chi connectivity index (χ2n) is 5.44. The van der Waals surface area contributed by atoms with Gasteiger partial charge in [0.15, 0.2) is 0 Å². The third-order valence-corrected chi connectivity index (χ3v) is 4.60. The smallest absolute Gasteiger partial charge is 0.224 e. The lowest BCUT2D eigenvalue weighted by Gasteiger charge is -2.05. The number of aromatic amines is 1. The van der Waals surface area contributed by atoms with E-state index in [0.717, 1.165) is 21.6 Å². The van der Waals surface area contributed by atoms with Crippen LogP contribution in [0.15, 0.2) is 23.7 Å². The van der Waals surface area contributed by atoms with Crippen molar-refractivity contribution in [3.05, 3.63) is 40.1 Å². The number of carbonyl (C=O) groups is 1. The van der Waals surface area contributed by atoms with E-state index in [9.17, 15) is 9.90 Å². The zero-order valence-corrected chi connectivity index (χ0v) is 13.8. The number of carbonyl (C=O) groups excluding carboxylic acids is 1. The van der Waals surface area contributed by atoms with Crippen LogP contribution in [0.3, 0.4) is 0 Å². The number of fused-ring (bicyclic) bond motifs is 1. The first-order valence-corrected chi connectivity index (χ1v) is 8.27. The van der Waals surface area contributed by atoms with Gasteiger partial charge < -0.3 is 15.4 Å². The van der Waals surface area contributed by atoms with Gasteiger partial charge in [-0.15, -0.1) is 11.3 Å². The van der Waals surface area contributed by atoms with Crippen LogP contribution in [0.2, 0.25) is 0 Å². The topological polar surface area (TPSA) is 90.9 Å². The molecule has 1 amide bonds. The molecule has 3 rings (SSSR count). The minimum Gasteiger partial charge on any atom is -0.385 e. The highest BCUT2D eigenvalue weighted by Gasteiger charge is 2.10. The van der Waals surface area contributed by atoms with Crippen LogP contribution in [-0.4, -0.2) is 26.0 Å². The summed E-state index contributed by atoms with van der Waals surface area (Å²) in [6.45, 7) is 3.61. The van der Waals surface area contributed by atoms with Crippen LogP contribution >= 0.6 is 11.3 Å². The Hall–Kier alpha value is -2.25. The zero-order valence-electron chi connectivity index (χ0n) is 13.0. The minimum absolute atomic E-state index is 0.0348. The molecule has 0 spiro atoms. The predicted molar refractivity (Wildman–Crippen MR) is 90.5 cm³/mol. The molecule has 7 heteroatoms. The Bertz CT molecular complexity index is 838. The number of nitrogens with one attached hydrogen (secondary N) is 2. The summed E-state index contributed by atoms with van der Waals surface area (Å²) < 4.78 is 0. The predicted octanol–water partition coefficient (Wildman–Crippen LogP) is 2.95. The molecule has 0 radical (unpaired) electrons. The number of aliphatic hydroxyl groups excluding tert-OH is 1. The Labute approximate surface area is 137 Å². The number of benzene rings is 1. The van der Waals surface area contributed by atoms with Gasteiger partial charge in [-0.05, 0) is 38.5 Å². The first kappa shape index (κ1) is 15.6. The third kappa shape index (κ3) is 3.57. The molecule has 6 nitrogen and oxygen atoms in total. The van der Waals surface area contributed by atoms with Gasteiger partial charge >= 0.3 is 0 Å². The van der Waals surface area contributed by atoms with E-state index in [1.165, 1.54) is 0 Å². The molecule has 0 saturated carbocycles. The second kappa shape index (κ2) is 6.47. The summed E-state index contributed by atoms with van der Waals surface area (Å²) in [5.74, 6) is 0.483. The molecule has 0 aliphatic rings. The number of H-pyrrole nitrogens is 1. The number of aliphatic hydroxyl groups is 1. The van der Waals surface area contributed by atoms with E-state index in [2.05, 4.69) is 20.3 Å². The molecule has 1 unspecified atom stereocenters. The molecule has 0 fully saturated rings. The highest BCUT2D eigenvalue weighted by atomic mass is 32.1. The Morgan fingerprint density at radius 3 is 3.00 bits per heavy atom. The fourth-order valence-electron chi connectivity index (χ4n) is 2.32.